The Morgan fingerprint density at radius 1 is 1.24 bits per heavy atom. The minimum absolute atomic E-state index is 0.472. The topological polar surface area (TPSA) is 64.1 Å². The molecule has 1 aromatic heterocycles. The summed E-state index contributed by atoms with van der Waals surface area (Å²) in [5.41, 5.74) is 6.48. The van der Waals surface area contributed by atoms with Crippen molar-refractivity contribution in [3.63, 3.8) is 0 Å². The molecule has 2 aromatic carbocycles. The van der Waals surface area contributed by atoms with Crippen molar-refractivity contribution < 1.29 is 9.47 Å². The molecule has 0 aliphatic carbocycles. The molecule has 3 rings (SSSR count). The molecule has 0 atom stereocenters. The average Bonchev–Trinajstić information content (AvgIpc) is 3.03. The van der Waals surface area contributed by atoms with E-state index in [4.69, 9.17) is 21.7 Å². The normalized spacial score (nSPS) is 10.5. The summed E-state index contributed by atoms with van der Waals surface area (Å²) in [5.74, 6) is 1.41. The summed E-state index contributed by atoms with van der Waals surface area (Å²) in [6.45, 7) is 3.06. The number of H-pyrrole nitrogens is 1. The van der Waals surface area contributed by atoms with Crippen molar-refractivity contribution in [1.29, 1.82) is 0 Å². The second kappa shape index (κ2) is 7.85. The lowest BCUT2D eigenvalue weighted by Crippen LogP contribution is -2.14. The number of aromatic nitrogens is 3. The fourth-order valence-corrected chi connectivity index (χ4v) is 2.68. The second-order valence-corrected chi connectivity index (χ2v) is 5.98. The van der Waals surface area contributed by atoms with Gasteiger partial charge in [-0.2, -0.15) is 5.10 Å². The Morgan fingerprint density at radius 3 is 2.80 bits per heavy atom. The Labute approximate surface area is 151 Å². The first-order valence-electron chi connectivity index (χ1n) is 7.87. The predicted molar refractivity (Wildman–Crippen MR) is 99.0 cm³/mol. The monoisotopic (exact) mass is 356 g/mol. The number of para-hydroxylation sites is 1. The van der Waals surface area contributed by atoms with Gasteiger partial charge in [-0.25, -0.2) is 4.68 Å². The van der Waals surface area contributed by atoms with Gasteiger partial charge in [0.25, 0.3) is 0 Å². The third-order valence-corrected chi connectivity index (χ3v) is 4.03. The van der Waals surface area contributed by atoms with Gasteiger partial charge in [0.1, 0.15) is 12.9 Å². The lowest BCUT2D eigenvalue weighted by atomic mass is 10.1. The summed E-state index contributed by atoms with van der Waals surface area (Å²) in [6, 6.07) is 14.1. The summed E-state index contributed by atoms with van der Waals surface area (Å²) in [7, 11) is 1.64. The number of nitrogens with zero attached hydrogens (tertiary/aromatic N) is 2. The number of aryl methyl sites for hydroxylation is 1. The summed E-state index contributed by atoms with van der Waals surface area (Å²) in [5, 5.41) is 6.59. The van der Waals surface area contributed by atoms with Crippen LogP contribution in [-0.4, -0.2) is 22.0 Å². The van der Waals surface area contributed by atoms with Crippen LogP contribution in [-0.2, 0) is 13.2 Å². The third kappa shape index (κ3) is 4.19. The van der Waals surface area contributed by atoms with Gasteiger partial charge in [0.2, 0.25) is 4.77 Å². The van der Waals surface area contributed by atoms with E-state index in [1.807, 2.05) is 30.3 Å². The number of hydrogen-bond donors (Lipinski definition) is 2. The van der Waals surface area contributed by atoms with E-state index in [-0.39, 0.29) is 0 Å². The van der Waals surface area contributed by atoms with Crippen molar-refractivity contribution in [2.75, 3.05) is 12.5 Å². The number of benzene rings is 2. The molecule has 0 saturated heterocycles. The lowest BCUT2D eigenvalue weighted by Gasteiger charge is -2.16. The van der Waals surface area contributed by atoms with Crippen molar-refractivity contribution in [3.8, 4) is 11.5 Å². The van der Waals surface area contributed by atoms with Gasteiger partial charge in [-0.05, 0) is 30.8 Å². The maximum Gasteiger partial charge on any atom is 0.214 e. The first kappa shape index (κ1) is 17.0. The molecule has 7 heteroatoms. The van der Waals surface area contributed by atoms with Crippen LogP contribution in [0.3, 0.4) is 0 Å². The van der Waals surface area contributed by atoms with Crippen LogP contribution in [0.1, 0.15) is 16.7 Å². The molecule has 0 aliphatic rings. The van der Waals surface area contributed by atoms with Crippen molar-refractivity contribution in [2.24, 2.45) is 0 Å². The van der Waals surface area contributed by atoms with E-state index in [2.05, 4.69) is 34.7 Å². The molecular weight excluding hydrogens is 336 g/mol. The van der Waals surface area contributed by atoms with E-state index in [9.17, 15) is 0 Å². The first-order valence-corrected chi connectivity index (χ1v) is 8.28. The van der Waals surface area contributed by atoms with Gasteiger partial charge in [0.15, 0.2) is 11.5 Å². The van der Waals surface area contributed by atoms with Crippen LogP contribution in [0.2, 0.25) is 0 Å². The molecule has 0 amide bonds. The summed E-state index contributed by atoms with van der Waals surface area (Å²) < 4.78 is 13.7. The third-order valence-electron chi connectivity index (χ3n) is 3.74. The lowest BCUT2D eigenvalue weighted by molar-refractivity contribution is 0.281. The molecule has 1 heterocycles. The first-order chi connectivity index (χ1) is 12.2. The molecule has 0 fully saturated rings. The Balaban J connectivity index is 1.78. The Bertz CT molecular complexity index is 904. The zero-order valence-electron chi connectivity index (χ0n) is 14.2. The van der Waals surface area contributed by atoms with E-state index < -0.39 is 0 Å². The highest BCUT2D eigenvalue weighted by Crippen LogP contribution is 2.32. The Morgan fingerprint density at radius 2 is 2.08 bits per heavy atom. The van der Waals surface area contributed by atoms with E-state index in [0.717, 1.165) is 11.1 Å². The molecule has 0 spiro atoms. The smallest absolute Gasteiger partial charge is 0.214 e. The largest absolute Gasteiger partial charge is 0.493 e. The van der Waals surface area contributed by atoms with Crippen LogP contribution in [0.15, 0.2) is 48.8 Å². The van der Waals surface area contributed by atoms with Crippen molar-refractivity contribution >= 4 is 12.2 Å². The minimum atomic E-state index is 0.472. The number of ether oxygens (including phenoxy) is 2. The number of aromatic amines is 1. The number of rotatable bonds is 7. The summed E-state index contributed by atoms with van der Waals surface area (Å²) >= 11 is 5.14. The van der Waals surface area contributed by atoms with Crippen molar-refractivity contribution in [2.45, 2.75) is 20.1 Å². The van der Waals surface area contributed by atoms with Crippen LogP contribution in [0, 0.1) is 11.7 Å². The van der Waals surface area contributed by atoms with Gasteiger partial charge in [0, 0.05) is 5.56 Å². The zero-order chi connectivity index (χ0) is 17.6. The van der Waals surface area contributed by atoms with Gasteiger partial charge >= 0.3 is 0 Å². The van der Waals surface area contributed by atoms with Crippen LogP contribution < -0.4 is 14.9 Å². The second-order valence-electron chi connectivity index (χ2n) is 5.59. The van der Waals surface area contributed by atoms with Gasteiger partial charge < -0.3 is 14.9 Å². The highest BCUT2D eigenvalue weighted by atomic mass is 32.1. The van der Waals surface area contributed by atoms with Crippen LogP contribution in [0.25, 0.3) is 0 Å². The number of hydrogen-bond acceptors (Lipinski definition) is 5. The van der Waals surface area contributed by atoms with Gasteiger partial charge in [-0.1, -0.05) is 42.0 Å². The fraction of sp³-hybridized carbons (Fsp3) is 0.222. The molecule has 0 bridgehead atoms. The highest BCUT2D eigenvalue weighted by molar-refractivity contribution is 7.71. The molecule has 130 valence electrons. The Hall–Kier alpha value is -2.80. The average molecular weight is 356 g/mol. The van der Waals surface area contributed by atoms with Gasteiger partial charge in [0.05, 0.1) is 13.7 Å². The molecule has 0 saturated carbocycles. The van der Waals surface area contributed by atoms with Gasteiger partial charge in [-0.15, -0.1) is 0 Å². The maximum absolute atomic E-state index is 6.08. The molecule has 0 aliphatic heterocycles. The molecule has 0 unspecified atom stereocenters. The zero-order valence-corrected chi connectivity index (χ0v) is 15.0. The molecule has 6 nitrogen and oxygen atoms in total. The highest BCUT2D eigenvalue weighted by Gasteiger charge is 2.11. The predicted octanol–water partition coefficient (Wildman–Crippen LogP) is 3.58. The number of nitrogens with one attached hydrogen (secondary N) is 2. The molecule has 3 aromatic rings. The number of methoxy groups -OCH3 is 1. The molecule has 2 N–H and O–H groups in total. The van der Waals surface area contributed by atoms with Crippen molar-refractivity contribution in [3.05, 3.63) is 70.3 Å². The van der Waals surface area contributed by atoms with E-state index in [1.54, 1.807) is 18.1 Å². The Kier molecular flexibility index (Phi) is 5.35. The van der Waals surface area contributed by atoms with Crippen LogP contribution in [0.4, 0.5) is 0 Å². The standard InChI is InChI=1S/C18H20N4O2S/c1-13-5-3-6-14(9-13)11-24-17-15(7-4-8-16(17)23-2)10-20-22-12-19-21-18(22)25/h3-9,12,20H,10-11H2,1-2H3,(H,21,25). The quantitative estimate of drug-likeness (QED) is 0.634. The maximum atomic E-state index is 6.08. The fourth-order valence-electron chi connectivity index (χ4n) is 2.51. The summed E-state index contributed by atoms with van der Waals surface area (Å²) in [4.78, 5) is 0. The van der Waals surface area contributed by atoms with Crippen LogP contribution >= 0.6 is 12.2 Å². The van der Waals surface area contributed by atoms with E-state index in [0.29, 0.717) is 29.4 Å². The van der Waals surface area contributed by atoms with Gasteiger partial charge in [-0.3, -0.25) is 5.10 Å². The van der Waals surface area contributed by atoms with Crippen molar-refractivity contribution in [1.82, 2.24) is 14.9 Å². The van der Waals surface area contributed by atoms with Crippen LogP contribution in [0.5, 0.6) is 11.5 Å². The molecule has 0 radical (unpaired) electrons. The molecular formula is C18H20N4O2S. The summed E-state index contributed by atoms with van der Waals surface area (Å²) in [6.07, 6.45) is 1.59. The minimum Gasteiger partial charge on any atom is -0.493 e. The van der Waals surface area contributed by atoms with E-state index in [1.165, 1.54) is 5.56 Å². The SMILES string of the molecule is COc1cccc(CNn2cn[nH]c2=S)c1OCc1cccc(C)c1. The van der Waals surface area contributed by atoms with E-state index >= 15 is 0 Å². The molecule has 25 heavy (non-hydrogen) atoms.